The molecule has 168 valence electrons. The van der Waals surface area contributed by atoms with Gasteiger partial charge in [0.2, 0.25) is 5.91 Å². The molecule has 4 rings (SSSR count). The van der Waals surface area contributed by atoms with Gasteiger partial charge in [-0.3, -0.25) is 4.79 Å². The van der Waals surface area contributed by atoms with E-state index in [-0.39, 0.29) is 18.6 Å². The van der Waals surface area contributed by atoms with Crippen molar-refractivity contribution in [3.63, 3.8) is 0 Å². The third-order valence-corrected chi connectivity index (χ3v) is 6.82. The van der Waals surface area contributed by atoms with Crippen molar-refractivity contribution in [3.05, 3.63) is 63.8 Å². The number of benzene rings is 1. The maximum absolute atomic E-state index is 12.6. The lowest BCUT2D eigenvalue weighted by atomic mass is 10.0. The van der Waals surface area contributed by atoms with Crippen LogP contribution < -0.4 is 5.32 Å². The van der Waals surface area contributed by atoms with Crippen molar-refractivity contribution in [2.45, 2.75) is 19.0 Å². The van der Waals surface area contributed by atoms with Crippen molar-refractivity contribution in [2.75, 3.05) is 39.1 Å². The van der Waals surface area contributed by atoms with Gasteiger partial charge in [0.15, 0.2) is 0 Å². The van der Waals surface area contributed by atoms with Crippen LogP contribution in [0.1, 0.15) is 22.0 Å². The van der Waals surface area contributed by atoms with Crippen LogP contribution >= 0.6 is 22.9 Å². The molecule has 1 amide bonds. The topological polar surface area (TPSA) is 81.6 Å². The first-order valence-corrected chi connectivity index (χ1v) is 11.6. The predicted molar refractivity (Wildman–Crippen MR) is 129 cm³/mol. The van der Waals surface area contributed by atoms with Crippen LogP contribution in [0.2, 0.25) is 5.02 Å². The summed E-state index contributed by atoms with van der Waals surface area (Å²) >= 11 is 7.60. The van der Waals surface area contributed by atoms with Crippen LogP contribution in [0.3, 0.4) is 0 Å². The van der Waals surface area contributed by atoms with Gasteiger partial charge in [-0.2, -0.15) is 0 Å². The first-order valence-electron chi connectivity index (χ1n) is 10.4. The van der Waals surface area contributed by atoms with E-state index in [0.717, 1.165) is 33.6 Å². The number of aliphatic hydroxyl groups is 1. The third-order valence-electron chi connectivity index (χ3n) is 5.45. The Morgan fingerprint density at radius 1 is 1.34 bits per heavy atom. The van der Waals surface area contributed by atoms with E-state index in [2.05, 4.69) is 15.3 Å². The Morgan fingerprint density at radius 2 is 2.12 bits per heavy atom. The molecule has 1 unspecified atom stereocenters. The Bertz CT molecular complexity index is 1130. The largest absolute Gasteiger partial charge is 0.394 e. The van der Waals surface area contributed by atoms with Crippen molar-refractivity contribution in [3.8, 4) is 0 Å². The van der Waals surface area contributed by atoms with E-state index in [4.69, 9.17) is 11.6 Å². The number of fused-ring (bicyclic) bond motifs is 3. The minimum absolute atomic E-state index is 0.0301. The molecule has 0 fully saturated rings. The Kier molecular flexibility index (Phi) is 7.05. The molecule has 0 saturated carbocycles. The molecule has 0 bridgehead atoms. The summed E-state index contributed by atoms with van der Waals surface area (Å²) in [5.41, 5.74) is 2.11. The van der Waals surface area contributed by atoms with Gasteiger partial charge in [0.05, 0.1) is 24.6 Å². The minimum atomic E-state index is -0.315. The molecule has 3 aromatic rings. The van der Waals surface area contributed by atoms with Crippen molar-refractivity contribution < 1.29 is 9.90 Å². The van der Waals surface area contributed by atoms with E-state index in [0.29, 0.717) is 23.9 Å². The van der Waals surface area contributed by atoms with Crippen LogP contribution in [-0.4, -0.2) is 64.6 Å². The molecular formula is C23H26ClN5O2S. The van der Waals surface area contributed by atoms with Crippen molar-refractivity contribution in [1.29, 1.82) is 0 Å². The fraction of sp³-hybridized carbons (Fsp3) is 0.348. The number of aliphatic hydroxyl groups excluding tert-OH is 1. The minimum Gasteiger partial charge on any atom is -0.394 e. The molecule has 1 aliphatic rings. The monoisotopic (exact) mass is 471 g/mol. The Morgan fingerprint density at radius 3 is 2.84 bits per heavy atom. The van der Waals surface area contributed by atoms with Crippen LogP contribution in [0.25, 0.3) is 10.2 Å². The van der Waals surface area contributed by atoms with E-state index in [1.807, 2.05) is 54.2 Å². The van der Waals surface area contributed by atoms with Gasteiger partial charge in [0.25, 0.3) is 0 Å². The highest BCUT2D eigenvalue weighted by molar-refractivity contribution is 7.19. The number of anilines is 1. The summed E-state index contributed by atoms with van der Waals surface area (Å²) in [6, 6.07) is 7.09. The van der Waals surface area contributed by atoms with Gasteiger partial charge in [-0.25, -0.2) is 9.97 Å². The Labute approximate surface area is 196 Å². The number of hydrogen-bond acceptors (Lipinski definition) is 7. The average Bonchev–Trinajstić information content (AvgIpc) is 3.16. The number of carbonyl (C=O) groups excluding carboxylic acids is 1. The summed E-state index contributed by atoms with van der Waals surface area (Å²) in [4.78, 5) is 27.4. The summed E-state index contributed by atoms with van der Waals surface area (Å²) in [6.07, 6.45) is 5.83. The molecule has 1 aliphatic heterocycles. The second-order valence-corrected chi connectivity index (χ2v) is 9.53. The molecule has 2 N–H and O–H groups in total. The molecule has 0 radical (unpaired) electrons. The molecule has 0 saturated heterocycles. The number of amides is 1. The van der Waals surface area contributed by atoms with Crippen LogP contribution in [0.15, 0.2) is 42.7 Å². The summed E-state index contributed by atoms with van der Waals surface area (Å²) in [5, 5.41) is 15.0. The van der Waals surface area contributed by atoms with E-state index in [1.54, 1.807) is 17.4 Å². The second kappa shape index (κ2) is 9.95. The van der Waals surface area contributed by atoms with Gasteiger partial charge in [-0.1, -0.05) is 29.8 Å². The van der Waals surface area contributed by atoms with Crippen LogP contribution in [0.4, 0.5) is 5.82 Å². The second-order valence-electron chi connectivity index (χ2n) is 8.01. The summed E-state index contributed by atoms with van der Waals surface area (Å²) in [6.45, 7) is 1.87. The maximum Gasteiger partial charge on any atom is 0.246 e. The molecule has 1 atom stereocenters. The molecule has 3 heterocycles. The standard InChI is InChI=1S/C23H26ClN5O2S/c1-28(2)10-3-4-20(31)29-11-9-17-19(12-29)32-23-21(17)22(25-14-26-23)27-18(13-30)15-5-7-16(24)8-6-15/h3-8,14,18,30H,9-13H2,1-2H3,(H,25,26,27). The molecule has 32 heavy (non-hydrogen) atoms. The molecule has 1 aromatic carbocycles. The highest BCUT2D eigenvalue weighted by Gasteiger charge is 2.26. The van der Waals surface area contributed by atoms with Gasteiger partial charge < -0.3 is 20.2 Å². The normalized spacial score (nSPS) is 14.8. The van der Waals surface area contributed by atoms with Crippen molar-refractivity contribution >= 4 is 44.9 Å². The summed E-state index contributed by atoms with van der Waals surface area (Å²) < 4.78 is 0. The number of aromatic nitrogens is 2. The quantitative estimate of drug-likeness (QED) is 0.513. The van der Waals surface area contributed by atoms with Crippen LogP contribution in [0, 0.1) is 0 Å². The zero-order chi connectivity index (χ0) is 22.7. The van der Waals surface area contributed by atoms with Crippen LogP contribution in [-0.2, 0) is 17.8 Å². The predicted octanol–water partition coefficient (Wildman–Crippen LogP) is 3.49. The SMILES string of the molecule is CN(C)CC=CC(=O)N1CCc2c(sc3ncnc(NC(CO)c4ccc(Cl)cc4)c23)C1. The smallest absolute Gasteiger partial charge is 0.246 e. The van der Waals surface area contributed by atoms with E-state index in [1.165, 1.54) is 11.9 Å². The first-order chi connectivity index (χ1) is 15.5. The number of hydrogen-bond donors (Lipinski definition) is 2. The van der Waals surface area contributed by atoms with Gasteiger partial charge in [-0.05, 0) is 43.8 Å². The molecule has 9 heteroatoms. The third kappa shape index (κ3) is 4.94. The number of likely N-dealkylation sites (N-methyl/N-ethyl adjacent to an activating group) is 1. The lowest BCUT2D eigenvalue weighted by molar-refractivity contribution is -0.126. The number of carbonyl (C=O) groups is 1. The van der Waals surface area contributed by atoms with E-state index in [9.17, 15) is 9.90 Å². The first kappa shape index (κ1) is 22.7. The average molecular weight is 472 g/mol. The summed E-state index contributed by atoms with van der Waals surface area (Å²) in [5.74, 6) is 0.731. The van der Waals surface area contributed by atoms with Crippen molar-refractivity contribution in [2.24, 2.45) is 0 Å². The fourth-order valence-electron chi connectivity index (χ4n) is 3.79. The molecule has 7 nitrogen and oxygen atoms in total. The summed E-state index contributed by atoms with van der Waals surface area (Å²) in [7, 11) is 3.94. The highest BCUT2D eigenvalue weighted by atomic mass is 35.5. The van der Waals surface area contributed by atoms with Crippen LogP contribution in [0.5, 0.6) is 0 Å². The van der Waals surface area contributed by atoms with Gasteiger partial charge in [0.1, 0.15) is 17.0 Å². The van der Waals surface area contributed by atoms with Gasteiger partial charge in [-0.15, -0.1) is 11.3 Å². The number of nitrogens with one attached hydrogen (secondary N) is 1. The Hall–Kier alpha value is -2.52. The van der Waals surface area contributed by atoms with E-state index < -0.39 is 0 Å². The number of rotatable bonds is 7. The number of nitrogens with zero attached hydrogens (tertiary/aromatic N) is 4. The lowest BCUT2D eigenvalue weighted by Gasteiger charge is -2.26. The number of thiophene rings is 1. The lowest BCUT2D eigenvalue weighted by Crippen LogP contribution is -2.34. The Balaban J connectivity index is 1.57. The molecular weight excluding hydrogens is 446 g/mol. The molecule has 0 aliphatic carbocycles. The van der Waals surface area contributed by atoms with Gasteiger partial charge in [0, 0.05) is 29.1 Å². The van der Waals surface area contributed by atoms with Gasteiger partial charge >= 0.3 is 0 Å². The van der Waals surface area contributed by atoms with E-state index >= 15 is 0 Å². The number of halogens is 1. The highest BCUT2D eigenvalue weighted by Crippen LogP contribution is 2.38. The molecule has 0 spiro atoms. The fourth-order valence-corrected chi connectivity index (χ4v) is 5.12. The van der Waals surface area contributed by atoms with Crippen molar-refractivity contribution in [1.82, 2.24) is 19.8 Å². The zero-order valence-corrected chi connectivity index (χ0v) is 19.7. The zero-order valence-electron chi connectivity index (χ0n) is 18.1. The molecule has 2 aromatic heterocycles. The maximum atomic E-state index is 12.6.